The smallest absolute Gasteiger partial charge is 0.335 e. The number of hydrogen-bond donors (Lipinski definition) is 0. The van der Waals surface area contributed by atoms with Gasteiger partial charge in [0, 0.05) is 37.9 Å². The molecule has 1 fully saturated rings. The molecule has 7 nitrogen and oxygen atoms in total. The second-order valence-corrected chi connectivity index (χ2v) is 9.30. The molecule has 10 heteroatoms. The van der Waals surface area contributed by atoms with Gasteiger partial charge < -0.3 is 9.80 Å². The molecule has 1 saturated heterocycles. The van der Waals surface area contributed by atoms with Crippen molar-refractivity contribution in [2.75, 3.05) is 26.2 Å². The number of aromatic nitrogens is 3. The van der Waals surface area contributed by atoms with Crippen LogP contribution in [0, 0.1) is 0 Å². The Bertz CT molecular complexity index is 1260. The maximum absolute atomic E-state index is 13.5. The summed E-state index contributed by atoms with van der Waals surface area (Å²) in [7, 11) is 0. The average Bonchev–Trinajstić information content (AvgIpc) is 3.26. The Morgan fingerprint density at radius 2 is 1.49 bits per heavy atom. The first-order chi connectivity index (χ1) is 16.5. The van der Waals surface area contributed by atoms with Gasteiger partial charge in [-0.05, 0) is 38.0 Å². The topological polar surface area (TPSA) is 71.3 Å². The fourth-order valence-corrected chi connectivity index (χ4v) is 4.26. The molecule has 3 heterocycles. The molecule has 1 aliphatic heterocycles. The third-order valence-electron chi connectivity index (χ3n) is 6.21. The summed E-state index contributed by atoms with van der Waals surface area (Å²) in [5, 5.41) is 5.08. The molecule has 35 heavy (non-hydrogen) atoms. The average molecular weight is 488 g/mol. The summed E-state index contributed by atoms with van der Waals surface area (Å²) in [6, 6.07) is 6.64. The lowest BCUT2D eigenvalue weighted by molar-refractivity contribution is -0.138. The lowest BCUT2D eigenvalue weighted by Crippen LogP contribution is -2.50. The summed E-state index contributed by atoms with van der Waals surface area (Å²) >= 11 is 0. The van der Waals surface area contributed by atoms with E-state index in [0.29, 0.717) is 16.6 Å². The first kappa shape index (κ1) is 24.7. The first-order valence-electron chi connectivity index (χ1n) is 11.6. The van der Waals surface area contributed by atoms with Crippen molar-refractivity contribution in [3.05, 3.63) is 58.9 Å². The molecule has 0 spiro atoms. The predicted octanol–water partition coefficient (Wildman–Crippen LogP) is 4.75. The molecule has 4 rings (SSSR count). The second kappa shape index (κ2) is 9.31. The van der Waals surface area contributed by atoms with Gasteiger partial charge in [0.15, 0.2) is 5.65 Å². The Hall–Kier alpha value is -3.43. The summed E-state index contributed by atoms with van der Waals surface area (Å²) in [6.07, 6.45) is -2.97. The van der Waals surface area contributed by atoms with E-state index in [1.807, 2.05) is 27.7 Å². The number of carbonyl (C=O) groups is 2. The molecule has 0 N–H and O–H groups in total. The van der Waals surface area contributed by atoms with E-state index < -0.39 is 17.6 Å². The Kier molecular flexibility index (Phi) is 6.57. The third-order valence-corrected chi connectivity index (χ3v) is 6.21. The third kappa shape index (κ3) is 4.74. The van der Waals surface area contributed by atoms with Crippen LogP contribution in [0.25, 0.3) is 11.0 Å². The molecule has 0 unspecified atom stereocenters. The summed E-state index contributed by atoms with van der Waals surface area (Å²) in [5.74, 6) is -0.786. The Labute approximate surface area is 201 Å². The zero-order valence-electron chi connectivity index (χ0n) is 20.1. The SMILES string of the molecule is CC(C)c1cc(C(=O)N2CCN(C(=O)c3ccccc3C(F)(F)F)CC2)c2cnn(C(C)C)c2n1. The number of halogens is 3. The van der Waals surface area contributed by atoms with Crippen LogP contribution in [0.2, 0.25) is 0 Å². The van der Waals surface area contributed by atoms with Gasteiger partial charge in [-0.1, -0.05) is 26.0 Å². The minimum atomic E-state index is -4.62. The van der Waals surface area contributed by atoms with Gasteiger partial charge in [-0.25, -0.2) is 9.67 Å². The van der Waals surface area contributed by atoms with E-state index in [1.165, 1.54) is 23.1 Å². The van der Waals surface area contributed by atoms with Crippen molar-refractivity contribution in [3.8, 4) is 0 Å². The highest BCUT2D eigenvalue weighted by atomic mass is 19.4. The largest absolute Gasteiger partial charge is 0.417 e. The van der Waals surface area contributed by atoms with Crippen molar-refractivity contribution in [1.82, 2.24) is 24.6 Å². The van der Waals surface area contributed by atoms with Crippen LogP contribution in [0.5, 0.6) is 0 Å². The highest BCUT2D eigenvalue weighted by Crippen LogP contribution is 2.32. The molecule has 2 amide bonds. The van der Waals surface area contributed by atoms with Crippen molar-refractivity contribution < 1.29 is 22.8 Å². The molecule has 0 bridgehead atoms. The maximum atomic E-state index is 13.5. The van der Waals surface area contributed by atoms with Crippen molar-refractivity contribution >= 4 is 22.8 Å². The summed E-state index contributed by atoms with van der Waals surface area (Å²) in [6.45, 7) is 8.72. The van der Waals surface area contributed by atoms with Crippen LogP contribution in [0.15, 0.2) is 36.5 Å². The van der Waals surface area contributed by atoms with Gasteiger partial charge in [-0.15, -0.1) is 0 Å². The molecule has 1 aromatic carbocycles. The van der Waals surface area contributed by atoms with Crippen LogP contribution in [-0.4, -0.2) is 62.6 Å². The molecule has 0 radical (unpaired) electrons. The molecule has 0 saturated carbocycles. The minimum Gasteiger partial charge on any atom is -0.335 e. The number of fused-ring (bicyclic) bond motifs is 1. The molecule has 1 aliphatic rings. The van der Waals surface area contributed by atoms with Gasteiger partial charge in [0.05, 0.1) is 28.3 Å². The summed E-state index contributed by atoms with van der Waals surface area (Å²) in [4.78, 5) is 34.1. The van der Waals surface area contributed by atoms with Gasteiger partial charge in [0.2, 0.25) is 0 Å². The van der Waals surface area contributed by atoms with Crippen LogP contribution in [0.3, 0.4) is 0 Å². The molecule has 186 valence electrons. The van der Waals surface area contributed by atoms with E-state index in [4.69, 9.17) is 4.98 Å². The molecular weight excluding hydrogens is 459 g/mol. The summed E-state index contributed by atoms with van der Waals surface area (Å²) < 4.78 is 41.9. The number of carbonyl (C=O) groups excluding carboxylic acids is 2. The fourth-order valence-electron chi connectivity index (χ4n) is 4.26. The molecular formula is C25H28F3N5O2. The second-order valence-electron chi connectivity index (χ2n) is 9.30. The lowest BCUT2D eigenvalue weighted by Gasteiger charge is -2.35. The normalized spacial score (nSPS) is 14.9. The summed E-state index contributed by atoms with van der Waals surface area (Å²) in [5.41, 5.74) is 0.588. The van der Waals surface area contributed by atoms with Crippen LogP contribution in [0.1, 0.15) is 71.6 Å². The van der Waals surface area contributed by atoms with E-state index >= 15 is 0 Å². The van der Waals surface area contributed by atoms with Gasteiger partial charge in [-0.2, -0.15) is 18.3 Å². The minimum absolute atomic E-state index is 0.0690. The van der Waals surface area contributed by atoms with E-state index in [1.54, 1.807) is 21.8 Å². The standard InChI is InChI=1S/C25H28F3N5O2/c1-15(2)21-13-18(19-14-29-33(16(3)4)22(19)30-21)24(35)32-11-9-31(10-12-32)23(34)17-7-5-6-8-20(17)25(26,27)28/h5-8,13-16H,9-12H2,1-4H3. The van der Waals surface area contributed by atoms with E-state index in [-0.39, 0.29) is 49.6 Å². The van der Waals surface area contributed by atoms with Crippen LogP contribution >= 0.6 is 0 Å². The predicted molar refractivity (Wildman–Crippen MR) is 125 cm³/mol. The molecule has 2 aromatic heterocycles. The van der Waals surface area contributed by atoms with Crippen LogP contribution in [0.4, 0.5) is 13.2 Å². The van der Waals surface area contributed by atoms with Crippen molar-refractivity contribution in [3.63, 3.8) is 0 Å². The zero-order valence-corrected chi connectivity index (χ0v) is 20.1. The fraction of sp³-hybridized carbons (Fsp3) is 0.440. The Balaban J connectivity index is 1.56. The van der Waals surface area contributed by atoms with E-state index in [9.17, 15) is 22.8 Å². The number of rotatable bonds is 4. The number of alkyl halides is 3. The highest BCUT2D eigenvalue weighted by molar-refractivity contribution is 6.05. The number of amides is 2. The number of piperazine rings is 1. The van der Waals surface area contributed by atoms with Gasteiger partial charge in [0.25, 0.3) is 11.8 Å². The Morgan fingerprint density at radius 3 is 2.03 bits per heavy atom. The van der Waals surface area contributed by atoms with Gasteiger partial charge in [0.1, 0.15) is 0 Å². The number of hydrogen-bond acceptors (Lipinski definition) is 4. The first-order valence-corrected chi connectivity index (χ1v) is 11.6. The molecule has 0 aliphatic carbocycles. The van der Waals surface area contributed by atoms with Crippen molar-refractivity contribution in [1.29, 1.82) is 0 Å². The van der Waals surface area contributed by atoms with Crippen molar-refractivity contribution in [2.24, 2.45) is 0 Å². The Morgan fingerprint density at radius 1 is 0.914 bits per heavy atom. The molecule has 0 atom stereocenters. The van der Waals surface area contributed by atoms with E-state index in [0.717, 1.165) is 11.8 Å². The number of pyridine rings is 1. The molecule has 3 aromatic rings. The number of nitrogens with zero attached hydrogens (tertiary/aromatic N) is 5. The van der Waals surface area contributed by atoms with Gasteiger partial charge in [-0.3, -0.25) is 9.59 Å². The van der Waals surface area contributed by atoms with E-state index in [2.05, 4.69) is 5.10 Å². The number of benzene rings is 1. The highest BCUT2D eigenvalue weighted by Gasteiger charge is 2.36. The quantitative estimate of drug-likeness (QED) is 0.532. The lowest BCUT2D eigenvalue weighted by atomic mass is 10.0. The zero-order chi connectivity index (χ0) is 25.5. The van der Waals surface area contributed by atoms with Crippen LogP contribution < -0.4 is 0 Å². The van der Waals surface area contributed by atoms with Crippen molar-refractivity contribution in [2.45, 2.75) is 45.8 Å². The maximum Gasteiger partial charge on any atom is 0.417 e. The monoisotopic (exact) mass is 487 g/mol. The van der Waals surface area contributed by atoms with Crippen LogP contribution in [-0.2, 0) is 6.18 Å². The van der Waals surface area contributed by atoms with Gasteiger partial charge >= 0.3 is 6.18 Å².